The lowest BCUT2D eigenvalue weighted by atomic mass is 10.1. The summed E-state index contributed by atoms with van der Waals surface area (Å²) >= 11 is 0.733. The molecule has 2 amide bonds. The maximum absolute atomic E-state index is 12.5. The highest BCUT2D eigenvalue weighted by atomic mass is 32.2. The zero-order valence-electron chi connectivity index (χ0n) is 13.7. The molecule has 3 rings (SSSR count). The van der Waals surface area contributed by atoms with Gasteiger partial charge in [-0.2, -0.15) is 0 Å². The van der Waals surface area contributed by atoms with Crippen molar-refractivity contribution in [2.45, 2.75) is 6.54 Å². The maximum Gasteiger partial charge on any atom is 0.335 e. The molecule has 1 fully saturated rings. The van der Waals surface area contributed by atoms with Gasteiger partial charge in [0.15, 0.2) is 0 Å². The van der Waals surface area contributed by atoms with E-state index < -0.39 is 22.0 Å². The molecule has 0 unspecified atom stereocenters. The number of para-hydroxylation sites is 1. The van der Waals surface area contributed by atoms with Gasteiger partial charge in [0.25, 0.3) is 16.8 Å². The van der Waals surface area contributed by atoms with Crippen LogP contribution < -0.4 is 0 Å². The molecular formula is C18H12N2O6S. The Bertz CT molecular complexity index is 984. The van der Waals surface area contributed by atoms with Crippen LogP contribution in [0.4, 0.5) is 10.5 Å². The van der Waals surface area contributed by atoms with Crippen molar-refractivity contribution in [2.24, 2.45) is 0 Å². The molecule has 1 aliphatic heterocycles. The molecule has 0 bridgehead atoms. The quantitative estimate of drug-likeness (QED) is 0.476. The minimum atomic E-state index is -1.06. The summed E-state index contributed by atoms with van der Waals surface area (Å²) in [5.41, 5.74) is 0.773. The number of aromatic carboxylic acids is 1. The maximum atomic E-state index is 12.5. The first-order valence-electron chi connectivity index (χ1n) is 7.68. The van der Waals surface area contributed by atoms with Gasteiger partial charge >= 0.3 is 5.97 Å². The Morgan fingerprint density at radius 1 is 1.15 bits per heavy atom. The van der Waals surface area contributed by atoms with Gasteiger partial charge in [-0.3, -0.25) is 24.6 Å². The third kappa shape index (κ3) is 3.87. The summed E-state index contributed by atoms with van der Waals surface area (Å²) < 4.78 is 0. The van der Waals surface area contributed by atoms with E-state index in [0.29, 0.717) is 5.56 Å². The van der Waals surface area contributed by atoms with Gasteiger partial charge in [0.1, 0.15) is 0 Å². The number of carboxylic acids is 1. The normalized spacial score (nSPS) is 15.4. The number of nitro benzene ring substituents is 1. The van der Waals surface area contributed by atoms with E-state index in [0.717, 1.165) is 16.7 Å². The predicted octanol–water partition coefficient (Wildman–Crippen LogP) is 3.53. The summed E-state index contributed by atoms with van der Waals surface area (Å²) in [4.78, 5) is 47.3. The number of rotatable bonds is 5. The minimum absolute atomic E-state index is 0.108. The average molecular weight is 384 g/mol. The monoisotopic (exact) mass is 384 g/mol. The van der Waals surface area contributed by atoms with Crippen LogP contribution in [0.5, 0.6) is 0 Å². The van der Waals surface area contributed by atoms with Crippen molar-refractivity contribution in [1.29, 1.82) is 0 Å². The van der Waals surface area contributed by atoms with Gasteiger partial charge in [-0.1, -0.05) is 30.3 Å². The Hall–Kier alpha value is -3.46. The number of hydrogen-bond acceptors (Lipinski definition) is 6. The van der Waals surface area contributed by atoms with Gasteiger partial charge in [-0.15, -0.1) is 0 Å². The molecule has 0 saturated carbocycles. The fraction of sp³-hybridized carbons (Fsp3) is 0.0556. The van der Waals surface area contributed by atoms with Gasteiger partial charge in [0.2, 0.25) is 0 Å². The number of nitrogens with zero attached hydrogens (tertiary/aromatic N) is 2. The fourth-order valence-electron chi connectivity index (χ4n) is 2.50. The Morgan fingerprint density at radius 2 is 1.81 bits per heavy atom. The van der Waals surface area contributed by atoms with Crippen molar-refractivity contribution < 1.29 is 24.4 Å². The molecule has 1 N–H and O–H groups in total. The predicted molar refractivity (Wildman–Crippen MR) is 98.0 cm³/mol. The standard InChI is InChI=1S/C18H12N2O6S/c21-16-15(9-11-5-7-12(8-6-11)17(22)23)27-18(24)19(16)10-13-3-1-2-4-14(13)20(25)26/h1-9H,10H2,(H,22,23)/b15-9+. The van der Waals surface area contributed by atoms with Gasteiger partial charge < -0.3 is 5.11 Å². The van der Waals surface area contributed by atoms with E-state index in [1.165, 1.54) is 48.5 Å². The molecule has 0 spiro atoms. The summed E-state index contributed by atoms with van der Waals surface area (Å²) in [6, 6.07) is 11.8. The summed E-state index contributed by atoms with van der Waals surface area (Å²) in [6.45, 7) is -0.197. The number of thioether (sulfide) groups is 1. The number of nitro groups is 1. The second-order valence-corrected chi connectivity index (χ2v) is 6.57. The van der Waals surface area contributed by atoms with Crippen molar-refractivity contribution >= 4 is 40.6 Å². The molecule has 0 aromatic heterocycles. The molecule has 0 radical (unpaired) electrons. The van der Waals surface area contributed by atoms with Crippen LogP contribution in [0.3, 0.4) is 0 Å². The largest absolute Gasteiger partial charge is 0.478 e. The Labute approximate surface area is 157 Å². The van der Waals surface area contributed by atoms with Crippen LogP contribution in [-0.2, 0) is 11.3 Å². The number of benzene rings is 2. The van der Waals surface area contributed by atoms with E-state index >= 15 is 0 Å². The van der Waals surface area contributed by atoms with Crippen LogP contribution in [0, 0.1) is 10.1 Å². The number of hydrogen-bond donors (Lipinski definition) is 1. The molecule has 1 saturated heterocycles. The fourth-order valence-corrected chi connectivity index (χ4v) is 3.34. The van der Waals surface area contributed by atoms with E-state index in [4.69, 9.17) is 5.11 Å². The molecule has 1 aliphatic rings. The molecule has 2 aromatic rings. The van der Waals surface area contributed by atoms with E-state index in [-0.39, 0.29) is 28.3 Å². The highest BCUT2D eigenvalue weighted by molar-refractivity contribution is 8.18. The number of carboxylic acid groups (broad SMARTS) is 1. The van der Waals surface area contributed by atoms with E-state index in [1.807, 2.05) is 0 Å². The Balaban J connectivity index is 1.83. The third-order valence-corrected chi connectivity index (χ3v) is 4.75. The lowest BCUT2D eigenvalue weighted by Gasteiger charge is -2.12. The Kier molecular flexibility index (Phi) is 5.04. The number of carbonyl (C=O) groups is 3. The molecular weight excluding hydrogens is 372 g/mol. The van der Waals surface area contributed by atoms with Crippen LogP contribution in [0.15, 0.2) is 53.4 Å². The first-order valence-corrected chi connectivity index (χ1v) is 8.49. The number of imide groups is 1. The molecule has 1 heterocycles. The summed E-state index contributed by atoms with van der Waals surface area (Å²) in [7, 11) is 0. The summed E-state index contributed by atoms with van der Waals surface area (Å²) in [6.07, 6.45) is 1.48. The first-order chi connectivity index (χ1) is 12.9. The zero-order chi connectivity index (χ0) is 19.6. The Morgan fingerprint density at radius 3 is 2.44 bits per heavy atom. The number of carbonyl (C=O) groups excluding carboxylic acids is 2. The van der Waals surface area contributed by atoms with Crippen LogP contribution in [0.1, 0.15) is 21.5 Å². The summed E-state index contributed by atoms with van der Waals surface area (Å²) in [5, 5.41) is 19.5. The number of amides is 2. The van der Waals surface area contributed by atoms with Crippen LogP contribution in [0.2, 0.25) is 0 Å². The van der Waals surface area contributed by atoms with Gasteiger partial charge in [0.05, 0.1) is 21.9 Å². The molecule has 0 aliphatic carbocycles. The summed E-state index contributed by atoms with van der Waals surface area (Å²) in [5.74, 6) is -1.61. The molecule has 9 heteroatoms. The van der Waals surface area contributed by atoms with Crippen LogP contribution >= 0.6 is 11.8 Å². The second kappa shape index (κ2) is 7.42. The molecule has 136 valence electrons. The van der Waals surface area contributed by atoms with Crippen molar-refractivity contribution in [2.75, 3.05) is 0 Å². The SMILES string of the molecule is O=C(O)c1ccc(/C=C2/SC(=O)N(Cc3ccccc3[N+](=O)[O-])C2=O)cc1. The van der Waals surface area contributed by atoms with Crippen molar-refractivity contribution in [1.82, 2.24) is 4.90 Å². The van der Waals surface area contributed by atoms with Gasteiger partial charge in [-0.05, 0) is 35.5 Å². The van der Waals surface area contributed by atoms with Gasteiger partial charge in [-0.25, -0.2) is 4.79 Å². The highest BCUT2D eigenvalue weighted by Crippen LogP contribution is 2.34. The van der Waals surface area contributed by atoms with Crippen LogP contribution in [-0.4, -0.2) is 32.0 Å². The van der Waals surface area contributed by atoms with Gasteiger partial charge in [0, 0.05) is 11.6 Å². The lowest BCUT2D eigenvalue weighted by molar-refractivity contribution is -0.385. The van der Waals surface area contributed by atoms with E-state index in [2.05, 4.69) is 0 Å². The van der Waals surface area contributed by atoms with E-state index in [1.54, 1.807) is 6.07 Å². The smallest absolute Gasteiger partial charge is 0.335 e. The molecule has 27 heavy (non-hydrogen) atoms. The second-order valence-electron chi connectivity index (χ2n) is 5.58. The first kappa shape index (κ1) is 18.3. The minimum Gasteiger partial charge on any atom is -0.478 e. The zero-order valence-corrected chi connectivity index (χ0v) is 14.5. The third-order valence-electron chi connectivity index (χ3n) is 3.85. The van der Waals surface area contributed by atoms with E-state index in [9.17, 15) is 24.5 Å². The molecule has 0 atom stereocenters. The average Bonchev–Trinajstić information content (AvgIpc) is 2.90. The molecule has 8 nitrogen and oxygen atoms in total. The molecule has 2 aromatic carbocycles. The lowest BCUT2D eigenvalue weighted by Crippen LogP contribution is -2.27. The van der Waals surface area contributed by atoms with Crippen molar-refractivity contribution in [3.63, 3.8) is 0 Å². The van der Waals surface area contributed by atoms with Crippen molar-refractivity contribution in [3.8, 4) is 0 Å². The van der Waals surface area contributed by atoms with Crippen molar-refractivity contribution in [3.05, 3.63) is 80.2 Å². The highest BCUT2D eigenvalue weighted by Gasteiger charge is 2.36. The topological polar surface area (TPSA) is 118 Å². The van der Waals surface area contributed by atoms with Crippen LogP contribution in [0.25, 0.3) is 6.08 Å².